The van der Waals surface area contributed by atoms with Crippen molar-refractivity contribution in [2.45, 2.75) is 18.9 Å². The van der Waals surface area contributed by atoms with Gasteiger partial charge in [0.15, 0.2) is 0 Å². The number of carbonyl (C=O) groups is 3. The molecule has 0 bridgehead atoms. The fourth-order valence-electron chi connectivity index (χ4n) is 2.90. The summed E-state index contributed by atoms with van der Waals surface area (Å²) in [5, 5.41) is 4.79. The molecule has 1 aliphatic heterocycles. The minimum Gasteiger partial charge on any atom is -0.469 e. The van der Waals surface area contributed by atoms with Crippen LogP contribution in [0.15, 0.2) is 42.5 Å². The number of nitrogens with one attached hydrogen (secondary N) is 1. The highest BCUT2D eigenvalue weighted by atomic mass is 16.5. The molecule has 0 spiro atoms. The Hall–Kier alpha value is -2.89. The van der Waals surface area contributed by atoms with E-state index in [4.69, 9.17) is 0 Å². The number of amides is 3. The molecule has 1 heterocycles. The number of ether oxygens (including phenoxy) is 1. The average Bonchev–Trinajstić information content (AvgIpc) is 2.82. The molecule has 3 amide bonds. The first-order valence-corrected chi connectivity index (χ1v) is 7.66. The molecule has 1 atom stereocenters. The second-order valence-corrected chi connectivity index (χ2v) is 5.90. The maximum Gasteiger partial charge on any atom is 0.325 e. The van der Waals surface area contributed by atoms with Crippen LogP contribution in [-0.2, 0) is 19.9 Å². The topological polar surface area (TPSA) is 75.7 Å². The van der Waals surface area contributed by atoms with Gasteiger partial charge in [0.2, 0.25) is 0 Å². The Morgan fingerprint density at radius 2 is 1.88 bits per heavy atom. The Bertz CT molecular complexity index is 833. The minimum atomic E-state index is -1.14. The van der Waals surface area contributed by atoms with Crippen LogP contribution in [0.25, 0.3) is 10.8 Å². The minimum absolute atomic E-state index is 0.000507. The van der Waals surface area contributed by atoms with E-state index in [1.165, 1.54) is 7.11 Å². The first-order chi connectivity index (χ1) is 11.5. The van der Waals surface area contributed by atoms with Gasteiger partial charge in [-0.1, -0.05) is 36.4 Å². The van der Waals surface area contributed by atoms with E-state index in [9.17, 15) is 14.4 Å². The van der Waals surface area contributed by atoms with Crippen LogP contribution in [0.3, 0.4) is 0 Å². The van der Waals surface area contributed by atoms with E-state index in [-0.39, 0.29) is 18.9 Å². The van der Waals surface area contributed by atoms with Gasteiger partial charge >= 0.3 is 12.0 Å². The van der Waals surface area contributed by atoms with Crippen LogP contribution in [0, 0.1) is 0 Å². The van der Waals surface area contributed by atoms with Crippen molar-refractivity contribution in [1.82, 2.24) is 10.2 Å². The van der Waals surface area contributed by atoms with Crippen molar-refractivity contribution in [3.8, 4) is 0 Å². The molecule has 0 saturated carbocycles. The number of nitrogens with zero attached hydrogens (tertiary/aromatic N) is 1. The second kappa shape index (κ2) is 5.96. The van der Waals surface area contributed by atoms with Crippen molar-refractivity contribution in [1.29, 1.82) is 0 Å². The van der Waals surface area contributed by atoms with Gasteiger partial charge in [0.25, 0.3) is 5.91 Å². The zero-order chi connectivity index (χ0) is 17.3. The standard InChI is InChI=1S/C18H18N2O4/c1-18(14-8-7-12-5-3-4-6-13(12)11-14)16(22)20(17(23)19-18)10-9-15(21)24-2/h3-8,11H,9-10H2,1-2H3,(H,19,23). The Balaban J connectivity index is 1.90. The molecule has 124 valence electrons. The lowest BCUT2D eigenvalue weighted by atomic mass is 9.90. The third-order valence-electron chi connectivity index (χ3n) is 4.37. The fourth-order valence-corrected chi connectivity index (χ4v) is 2.90. The molecule has 1 fully saturated rings. The molecule has 1 N–H and O–H groups in total. The summed E-state index contributed by atoms with van der Waals surface area (Å²) < 4.78 is 4.56. The van der Waals surface area contributed by atoms with Crippen LogP contribution in [0.5, 0.6) is 0 Å². The summed E-state index contributed by atoms with van der Waals surface area (Å²) in [6.07, 6.45) is -0.0243. The Morgan fingerprint density at radius 1 is 1.17 bits per heavy atom. The van der Waals surface area contributed by atoms with Gasteiger partial charge in [-0.25, -0.2) is 4.79 Å². The van der Waals surface area contributed by atoms with Crippen LogP contribution in [0.2, 0.25) is 0 Å². The van der Waals surface area contributed by atoms with Gasteiger partial charge in [-0.2, -0.15) is 0 Å². The highest BCUT2D eigenvalue weighted by Gasteiger charge is 2.48. The van der Waals surface area contributed by atoms with Gasteiger partial charge in [-0.3, -0.25) is 14.5 Å². The van der Waals surface area contributed by atoms with Crippen LogP contribution in [0.4, 0.5) is 4.79 Å². The average molecular weight is 326 g/mol. The van der Waals surface area contributed by atoms with Gasteiger partial charge in [0.1, 0.15) is 5.54 Å². The predicted molar refractivity (Wildman–Crippen MR) is 88.2 cm³/mol. The van der Waals surface area contributed by atoms with E-state index in [0.717, 1.165) is 15.7 Å². The Kier molecular flexibility index (Phi) is 3.97. The van der Waals surface area contributed by atoms with Crippen molar-refractivity contribution in [3.63, 3.8) is 0 Å². The smallest absolute Gasteiger partial charge is 0.325 e. The summed E-state index contributed by atoms with van der Waals surface area (Å²) in [4.78, 5) is 37.3. The van der Waals surface area contributed by atoms with E-state index in [0.29, 0.717) is 5.56 Å². The Labute approximate surface area is 139 Å². The maximum absolute atomic E-state index is 12.8. The highest BCUT2D eigenvalue weighted by Crippen LogP contribution is 2.31. The molecular weight excluding hydrogens is 308 g/mol. The van der Waals surface area contributed by atoms with E-state index in [1.807, 2.05) is 42.5 Å². The lowest BCUT2D eigenvalue weighted by molar-refractivity contribution is -0.141. The van der Waals surface area contributed by atoms with E-state index in [2.05, 4.69) is 10.1 Å². The lowest BCUT2D eigenvalue weighted by Gasteiger charge is -2.22. The number of fused-ring (bicyclic) bond motifs is 1. The fraction of sp³-hybridized carbons (Fsp3) is 0.278. The molecule has 0 radical (unpaired) electrons. The molecule has 0 aliphatic carbocycles. The number of urea groups is 1. The van der Waals surface area contributed by atoms with Crippen molar-refractivity contribution in [3.05, 3.63) is 48.0 Å². The quantitative estimate of drug-likeness (QED) is 0.690. The molecule has 1 saturated heterocycles. The predicted octanol–water partition coefficient (Wildman–Crippen LogP) is 2.17. The number of esters is 1. The molecule has 6 heteroatoms. The summed E-state index contributed by atoms with van der Waals surface area (Å²) >= 11 is 0. The lowest BCUT2D eigenvalue weighted by Crippen LogP contribution is -2.41. The summed E-state index contributed by atoms with van der Waals surface area (Å²) in [7, 11) is 1.27. The van der Waals surface area contributed by atoms with Crippen LogP contribution in [0.1, 0.15) is 18.9 Å². The maximum atomic E-state index is 12.8. The third-order valence-corrected chi connectivity index (χ3v) is 4.37. The number of hydrogen-bond acceptors (Lipinski definition) is 4. The first-order valence-electron chi connectivity index (χ1n) is 7.66. The number of imide groups is 1. The summed E-state index contributed by atoms with van der Waals surface area (Å²) in [5.41, 5.74) is -0.433. The van der Waals surface area contributed by atoms with Gasteiger partial charge < -0.3 is 10.1 Å². The van der Waals surface area contributed by atoms with Crippen molar-refractivity contribution < 1.29 is 19.1 Å². The van der Waals surface area contributed by atoms with E-state index < -0.39 is 17.5 Å². The molecule has 2 aromatic rings. The van der Waals surface area contributed by atoms with Crippen molar-refractivity contribution >= 4 is 28.7 Å². The monoisotopic (exact) mass is 326 g/mol. The number of rotatable bonds is 4. The van der Waals surface area contributed by atoms with Crippen LogP contribution >= 0.6 is 0 Å². The molecule has 1 aliphatic rings. The van der Waals surface area contributed by atoms with Gasteiger partial charge in [0.05, 0.1) is 13.5 Å². The SMILES string of the molecule is COC(=O)CCN1C(=O)NC(C)(c2ccc3ccccc3c2)C1=O. The van der Waals surface area contributed by atoms with Crippen molar-refractivity contribution in [2.75, 3.05) is 13.7 Å². The van der Waals surface area contributed by atoms with Crippen molar-refractivity contribution in [2.24, 2.45) is 0 Å². The zero-order valence-corrected chi connectivity index (χ0v) is 13.5. The zero-order valence-electron chi connectivity index (χ0n) is 13.5. The first kappa shape index (κ1) is 16.0. The second-order valence-electron chi connectivity index (χ2n) is 5.90. The third kappa shape index (κ3) is 2.60. The molecule has 2 aromatic carbocycles. The van der Waals surface area contributed by atoms with E-state index >= 15 is 0 Å². The van der Waals surface area contributed by atoms with Gasteiger partial charge in [-0.05, 0) is 29.3 Å². The normalized spacial score (nSPS) is 20.3. The molecule has 24 heavy (non-hydrogen) atoms. The van der Waals surface area contributed by atoms with E-state index in [1.54, 1.807) is 6.92 Å². The summed E-state index contributed by atoms with van der Waals surface area (Å²) in [5.74, 6) is -0.832. The number of benzene rings is 2. The van der Waals surface area contributed by atoms with Gasteiger partial charge in [-0.15, -0.1) is 0 Å². The Morgan fingerprint density at radius 3 is 2.58 bits per heavy atom. The summed E-state index contributed by atoms with van der Waals surface area (Å²) in [6.45, 7) is 1.68. The number of hydrogen-bond donors (Lipinski definition) is 1. The van der Waals surface area contributed by atoms with Crippen LogP contribution in [-0.4, -0.2) is 36.5 Å². The highest BCUT2D eigenvalue weighted by molar-refractivity contribution is 6.07. The van der Waals surface area contributed by atoms with Crippen LogP contribution < -0.4 is 5.32 Å². The summed E-state index contributed by atoms with van der Waals surface area (Å²) in [6, 6.07) is 13.0. The number of carbonyl (C=O) groups excluding carboxylic acids is 3. The number of methoxy groups -OCH3 is 1. The largest absolute Gasteiger partial charge is 0.469 e. The van der Waals surface area contributed by atoms with Gasteiger partial charge in [0, 0.05) is 6.54 Å². The molecule has 6 nitrogen and oxygen atoms in total. The molecule has 3 rings (SSSR count). The molecular formula is C18H18N2O4. The molecule has 0 aromatic heterocycles. The molecule has 1 unspecified atom stereocenters.